The molecule has 6 heteroatoms. The van der Waals surface area contributed by atoms with Gasteiger partial charge in [0.15, 0.2) is 0 Å². The number of amides is 1. The van der Waals surface area contributed by atoms with Crippen LogP contribution in [0.1, 0.15) is 329 Å². The van der Waals surface area contributed by atoms with Crippen molar-refractivity contribution < 1.29 is 24.5 Å². The quantitative estimate of drug-likeness (QED) is 0.0321. The number of carbonyl (C=O) groups is 2. The third-order valence-electron chi connectivity index (χ3n) is 13.8. The third kappa shape index (κ3) is 48.9. The van der Waals surface area contributed by atoms with Crippen molar-refractivity contribution in [3.63, 3.8) is 0 Å². The maximum Gasteiger partial charge on any atom is 0.306 e. The van der Waals surface area contributed by atoms with Crippen LogP contribution in [0.3, 0.4) is 0 Å². The number of esters is 1. The number of rotatable bonds is 54. The fourth-order valence-corrected chi connectivity index (χ4v) is 9.37. The molecule has 0 rings (SSSR count). The molecule has 3 N–H and O–H groups in total. The minimum atomic E-state index is -0.783. The fraction of sp³-hybridized carbons (Fsp3) is 0.932. The number of allylic oxidation sites excluding steroid dienone is 2. The SMILES string of the molecule is CCCCCCCC/C=C/CCCCCCCCCC(=O)OC(CCCCCCCCCCCCCCCCCC)CC(=O)NC(CO)C(O)CCCCCCCCCCCCCCC. The maximum atomic E-state index is 13.3. The van der Waals surface area contributed by atoms with Crippen molar-refractivity contribution in [1.29, 1.82) is 0 Å². The van der Waals surface area contributed by atoms with Crippen LogP contribution in [0.2, 0.25) is 0 Å². The first-order valence-electron chi connectivity index (χ1n) is 29.4. The summed E-state index contributed by atoms with van der Waals surface area (Å²) in [7, 11) is 0. The van der Waals surface area contributed by atoms with E-state index in [9.17, 15) is 19.8 Å². The van der Waals surface area contributed by atoms with Crippen molar-refractivity contribution in [1.82, 2.24) is 5.32 Å². The first-order chi connectivity index (χ1) is 32.0. The van der Waals surface area contributed by atoms with Crippen molar-refractivity contribution >= 4 is 11.9 Å². The molecule has 0 aromatic heterocycles. The molecule has 3 unspecified atom stereocenters. The highest BCUT2D eigenvalue weighted by Crippen LogP contribution is 2.19. The van der Waals surface area contributed by atoms with Gasteiger partial charge in [0.25, 0.3) is 0 Å². The normalized spacial score (nSPS) is 13.1. The first-order valence-corrected chi connectivity index (χ1v) is 29.4. The second kappa shape index (κ2) is 53.6. The number of carbonyl (C=O) groups excluding carboxylic acids is 2. The molecule has 0 aliphatic rings. The van der Waals surface area contributed by atoms with E-state index < -0.39 is 18.2 Å². The summed E-state index contributed by atoms with van der Waals surface area (Å²) in [5.41, 5.74) is 0. The monoisotopic (exact) mass is 918 g/mol. The Kier molecular flexibility index (Phi) is 52.4. The Morgan fingerprint density at radius 1 is 0.431 bits per heavy atom. The Morgan fingerprint density at radius 3 is 1.09 bits per heavy atom. The zero-order valence-electron chi connectivity index (χ0n) is 44.2. The van der Waals surface area contributed by atoms with Crippen molar-refractivity contribution in [2.24, 2.45) is 0 Å². The molecule has 65 heavy (non-hydrogen) atoms. The lowest BCUT2D eigenvalue weighted by Gasteiger charge is -2.24. The molecule has 0 aliphatic heterocycles. The van der Waals surface area contributed by atoms with Gasteiger partial charge in [0.2, 0.25) is 5.91 Å². The summed E-state index contributed by atoms with van der Waals surface area (Å²) in [5, 5.41) is 23.9. The van der Waals surface area contributed by atoms with Crippen molar-refractivity contribution in [2.45, 2.75) is 347 Å². The molecule has 0 saturated heterocycles. The summed E-state index contributed by atoms with van der Waals surface area (Å²) in [4.78, 5) is 26.3. The van der Waals surface area contributed by atoms with Gasteiger partial charge in [-0.05, 0) is 51.4 Å². The minimum absolute atomic E-state index is 0.0840. The predicted octanol–water partition coefficient (Wildman–Crippen LogP) is 18.1. The van der Waals surface area contributed by atoms with Crippen LogP contribution < -0.4 is 5.32 Å². The highest BCUT2D eigenvalue weighted by Gasteiger charge is 2.24. The van der Waals surface area contributed by atoms with E-state index >= 15 is 0 Å². The van der Waals surface area contributed by atoms with Gasteiger partial charge in [-0.1, -0.05) is 277 Å². The van der Waals surface area contributed by atoms with Gasteiger partial charge in [0.05, 0.1) is 25.2 Å². The lowest BCUT2D eigenvalue weighted by atomic mass is 10.0. The third-order valence-corrected chi connectivity index (χ3v) is 13.8. The van der Waals surface area contributed by atoms with Gasteiger partial charge in [0.1, 0.15) is 6.10 Å². The molecule has 0 spiro atoms. The first kappa shape index (κ1) is 63.6. The van der Waals surface area contributed by atoms with Gasteiger partial charge in [-0.3, -0.25) is 9.59 Å². The fourth-order valence-electron chi connectivity index (χ4n) is 9.37. The van der Waals surface area contributed by atoms with Crippen LogP contribution in [-0.2, 0) is 14.3 Å². The van der Waals surface area contributed by atoms with E-state index in [4.69, 9.17) is 4.74 Å². The van der Waals surface area contributed by atoms with Crippen LogP contribution in [0.4, 0.5) is 0 Å². The molecule has 0 fully saturated rings. The summed E-state index contributed by atoms with van der Waals surface area (Å²) in [6.45, 7) is 6.52. The van der Waals surface area contributed by atoms with E-state index in [-0.39, 0.29) is 24.9 Å². The largest absolute Gasteiger partial charge is 0.462 e. The molecule has 0 aliphatic carbocycles. The number of ether oxygens (including phenoxy) is 1. The van der Waals surface area contributed by atoms with E-state index in [0.29, 0.717) is 19.3 Å². The van der Waals surface area contributed by atoms with Gasteiger partial charge in [-0.15, -0.1) is 0 Å². The average Bonchev–Trinajstić information content (AvgIpc) is 3.30. The average molecular weight is 919 g/mol. The van der Waals surface area contributed by atoms with Crippen molar-refractivity contribution in [3.05, 3.63) is 12.2 Å². The van der Waals surface area contributed by atoms with Crippen LogP contribution in [0.25, 0.3) is 0 Å². The Bertz CT molecular complexity index is 986. The molecule has 3 atom stereocenters. The van der Waals surface area contributed by atoms with Gasteiger partial charge >= 0.3 is 5.97 Å². The van der Waals surface area contributed by atoms with Gasteiger partial charge in [-0.25, -0.2) is 0 Å². The maximum absolute atomic E-state index is 13.3. The molecule has 0 aromatic carbocycles. The zero-order chi connectivity index (χ0) is 47.4. The molecule has 0 saturated carbocycles. The van der Waals surface area contributed by atoms with Crippen LogP contribution in [0, 0.1) is 0 Å². The number of unbranched alkanes of at least 4 members (excludes halogenated alkanes) is 40. The van der Waals surface area contributed by atoms with E-state index in [0.717, 1.165) is 44.9 Å². The molecule has 386 valence electrons. The van der Waals surface area contributed by atoms with Gasteiger partial charge < -0.3 is 20.3 Å². The number of aliphatic hydroxyl groups excluding tert-OH is 2. The summed E-state index contributed by atoms with van der Waals surface area (Å²) >= 11 is 0. The summed E-state index contributed by atoms with van der Waals surface area (Å²) in [5.74, 6) is -0.454. The standard InChI is InChI=1S/C59H115NO5/c1-4-7-10-13-16-19-22-25-27-29-31-34-37-40-43-46-49-52-59(64)65-55(50-47-44-41-38-35-33-30-28-26-23-20-17-14-11-8-5-2)53-58(63)60-56(54-61)57(62)51-48-45-42-39-36-32-24-21-18-15-12-9-6-3/h25,27,55-57,61-62H,4-24,26,28-54H2,1-3H3,(H,60,63)/b27-25+. The van der Waals surface area contributed by atoms with E-state index in [1.165, 1.54) is 238 Å². The highest BCUT2D eigenvalue weighted by molar-refractivity contribution is 5.77. The van der Waals surface area contributed by atoms with Crippen molar-refractivity contribution in [2.75, 3.05) is 6.61 Å². The molecule has 1 amide bonds. The number of nitrogens with one attached hydrogen (secondary N) is 1. The van der Waals surface area contributed by atoms with Crippen molar-refractivity contribution in [3.8, 4) is 0 Å². The zero-order valence-corrected chi connectivity index (χ0v) is 44.2. The lowest BCUT2D eigenvalue weighted by molar-refractivity contribution is -0.151. The highest BCUT2D eigenvalue weighted by atomic mass is 16.5. The lowest BCUT2D eigenvalue weighted by Crippen LogP contribution is -2.46. The summed E-state index contributed by atoms with van der Waals surface area (Å²) < 4.78 is 5.97. The summed E-state index contributed by atoms with van der Waals surface area (Å²) in [6.07, 6.45) is 61.3. The summed E-state index contributed by atoms with van der Waals surface area (Å²) in [6, 6.07) is -0.696. The minimum Gasteiger partial charge on any atom is -0.462 e. The smallest absolute Gasteiger partial charge is 0.306 e. The number of hydrogen-bond acceptors (Lipinski definition) is 5. The van der Waals surface area contributed by atoms with E-state index in [1.54, 1.807) is 0 Å². The molecular weight excluding hydrogens is 803 g/mol. The molecule has 0 aromatic rings. The predicted molar refractivity (Wildman–Crippen MR) is 283 cm³/mol. The van der Waals surface area contributed by atoms with E-state index in [2.05, 4.69) is 38.2 Å². The Balaban J connectivity index is 4.51. The Morgan fingerprint density at radius 2 is 0.738 bits per heavy atom. The van der Waals surface area contributed by atoms with Crippen LogP contribution in [0.15, 0.2) is 12.2 Å². The molecule has 0 heterocycles. The molecule has 0 radical (unpaired) electrons. The van der Waals surface area contributed by atoms with Gasteiger partial charge in [-0.2, -0.15) is 0 Å². The second-order valence-electron chi connectivity index (χ2n) is 20.4. The topological polar surface area (TPSA) is 95.9 Å². The van der Waals surface area contributed by atoms with Crippen LogP contribution in [-0.4, -0.2) is 46.9 Å². The van der Waals surface area contributed by atoms with E-state index in [1.807, 2.05) is 0 Å². The number of aliphatic hydroxyl groups is 2. The molecular formula is C59H115NO5. The molecule has 0 bridgehead atoms. The van der Waals surface area contributed by atoms with Gasteiger partial charge in [0, 0.05) is 6.42 Å². The Hall–Kier alpha value is -1.40. The molecule has 6 nitrogen and oxygen atoms in total. The van der Waals surface area contributed by atoms with Crippen LogP contribution in [0.5, 0.6) is 0 Å². The number of hydrogen-bond donors (Lipinski definition) is 3. The Labute approximate surface area is 406 Å². The second-order valence-corrected chi connectivity index (χ2v) is 20.4. The van der Waals surface area contributed by atoms with Crippen LogP contribution >= 0.6 is 0 Å².